The summed E-state index contributed by atoms with van der Waals surface area (Å²) in [5.41, 5.74) is -0.376. The van der Waals surface area contributed by atoms with Crippen molar-refractivity contribution in [2.45, 2.75) is 6.04 Å². The van der Waals surface area contributed by atoms with Crippen LogP contribution in [0.5, 0.6) is 5.75 Å². The van der Waals surface area contributed by atoms with Crippen LogP contribution in [0.1, 0.15) is 6.04 Å². The Morgan fingerprint density at radius 3 is 2.71 bits per heavy atom. The molecule has 3 N–H and O–H groups in total. The molecule has 0 spiro atoms. The highest BCUT2D eigenvalue weighted by atomic mass is 16.3. The standard InChI is InChI=1S/C11H11N3O3/c15-7-1-2-8-9(3-7)13-11(17)14(10(8)16)6-4-12-5-6/h1-3,6,12,15H,4-5H2,(H,13,17). The molecule has 0 amide bonds. The number of rotatable bonds is 1. The summed E-state index contributed by atoms with van der Waals surface area (Å²) in [5.74, 6) is 0.0237. The number of H-pyrrole nitrogens is 1. The lowest BCUT2D eigenvalue weighted by Crippen LogP contribution is -2.51. The van der Waals surface area contributed by atoms with Gasteiger partial charge in [0.1, 0.15) is 5.75 Å². The highest BCUT2D eigenvalue weighted by Gasteiger charge is 2.23. The molecule has 2 aromatic rings. The van der Waals surface area contributed by atoms with Gasteiger partial charge in [-0.1, -0.05) is 0 Å². The minimum Gasteiger partial charge on any atom is -0.508 e. The van der Waals surface area contributed by atoms with Crippen molar-refractivity contribution in [3.05, 3.63) is 39.0 Å². The van der Waals surface area contributed by atoms with Crippen molar-refractivity contribution in [1.29, 1.82) is 0 Å². The number of benzene rings is 1. The van der Waals surface area contributed by atoms with Gasteiger partial charge in [0.25, 0.3) is 5.56 Å². The number of phenolic OH excluding ortho intramolecular Hbond substituents is 1. The molecule has 1 aliphatic rings. The van der Waals surface area contributed by atoms with Gasteiger partial charge in [-0.15, -0.1) is 0 Å². The quantitative estimate of drug-likeness (QED) is 0.622. The number of hydrogen-bond acceptors (Lipinski definition) is 4. The number of aromatic nitrogens is 2. The molecule has 1 aliphatic heterocycles. The van der Waals surface area contributed by atoms with Crippen molar-refractivity contribution < 1.29 is 5.11 Å². The van der Waals surface area contributed by atoms with Gasteiger partial charge in [-0.25, -0.2) is 4.79 Å². The van der Waals surface area contributed by atoms with E-state index in [1.807, 2.05) is 0 Å². The van der Waals surface area contributed by atoms with E-state index >= 15 is 0 Å². The molecular formula is C11H11N3O3. The monoisotopic (exact) mass is 233 g/mol. The second-order valence-corrected chi connectivity index (χ2v) is 4.15. The third-order valence-electron chi connectivity index (χ3n) is 3.04. The van der Waals surface area contributed by atoms with E-state index in [1.165, 1.54) is 22.8 Å². The Hall–Kier alpha value is -2.08. The zero-order valence-electron chi connectivity index (χ0n) is 8.93. The van der Waals surface area contributed by atoms with Gasteiger partial charge in [0.15, 0.2) is 0 Å². The van der Waals surface area contributed by atoms with Gasteiger partial charge in [-0.2, -0.15) is 0 Å². The van der Waals surface area contributed by atoms with Crippen LogP contribution in [-0.2, 0) is 0 Å². The first-order valence-electron chi connectivity index (χ1n) is 5.35. The smallest absolute Gasteiger partial charge is 0.329 e. The number of phenols is 1. The molecule has 1 fully saturated rings. The lowest BCUT2D eigenvalue weighted by molar-refractivity contribution is 0.327. The number of fused-ring (bicyclic) bond motifs is 1. The Morgan fingerprint density at radius 1 is 1.29 bits per heavy atom. The molecule has 88 valence electrons. The van der Waals surface area contributed by atoms with Crippen LogP contribution < -0.4 is 16.6 Å². The second-order valence-electron chi connectivity index (χ2n) is 4.15. The zero-order chi connectivity index (χ0) is 12.0. The summed E-state index contributed by atoms with van der Waals surface area (Å²) in [6.07, 6.45) is 0. The van der Waals surface area contributed by atoms with Gasteiger partial charge in [-0.05, 0) is 12.1 Å². The van der Waals surface area contributed by atoms with E-state index in [0.29, 0.717) is 24.0 Å². The SMILES string of the molecule is O=c1[nH]c2cc(O)ccc2c(=O)n1C1CNC1. The fourth-order valence-electron chi connectivity index (χ4n) is 2.01. The largest absolute Gasteiger partial charge is 0.508 e. The molecule has 17 heavy (non-hydrogen) atoms. The van der Waals surface area contributed by atoms with Gasteiger partial charge in [0.05, 0.1) is 16.9 Å². The van der Waals surface area contributed by atoms with Crippen LogP contribution in [0.4, 0.5) is 0 Å². The molecule has 0 bridgehead atoms. The van der Waals surface area contributed by atoms with E-state index in [9.17, 15) is 14.7 Å². The van der Waals surface area contributed by atoms with Crippen LogP contribution >= 0.6 is 0 Å². The maximum Gasteiger partial charge on any atom is 0.329 e. The van der Waals surface area contributed by atoms with Crippen molar-refractivity contribution in [3.63, 3.8) is 0 Å². The number of aromatic amines is 1. The van der Waals surface area contributed by atoms with Gasteiger partial charge in [0, 0.05) is 19.2 Å². The van der Waals surface area contributed by atoms with Crippen LogP contribution in [0, 0.1) is 0 Å². The minimum absolute atomic E-state index is 0.0237. The molecule has 1 aromatic carbocycles. The zero-order valence-corrected chi connectivity index (χ0v) is 8.93. The first-order chi connectivity index (χ1) is 8.16. The number of hydrogen-bond donors (Lipinski definition) is 3. The van der Waals surface area contributed by atoms with Gasteiger partial charge < -0.3 is 15.4 Å². The fraction of sp³-hybridized carbons (Fsp3) is 0.273. The molecule has 0 aliphatic carbocycles. The Bertz CT molecular complexity index is 697. The lowest BCUT2D eigenvalue weighted by Gasteiger charge is -2.28. The molecule has 0 radical (unpaired) electrons. The van der Waals surface area contributed by atoms with Crippen molar-refractivity contribution in [2.75, 3.05) is 13.1 Å². The molecular weight excluding hydrogens is 222 g/mol. The molecule has 1 aromatic heterocycles. The predicted molar refractivity (Wildman–Crippen MR) is 62.4 cm³/mol. The number of aromatic hydroxyl groups is 1. The van der Waals surface area contributed by atoms with Crippen LogP contribution in [-0.4, -0.2) is 27.7 Å². The third-order valence-corrected chi connectivity index (χ3v) is 3.04. The van der Waals surface area contributed by atoms with E-state index in [1.54, 1.807) is 0 Å². The molecule has 6 heteroatoms. The Labute approximate surface area is 95.5 Å². The second kappa shape index (κ2) is 3.46. The Kier molecular flexibility index (Phi) is 2.05. The minimum atomic E-state index is -0.431. The summed E-state index contributed by atoms with van der Waals surface area (Å²) in [7, 11) is 0. The van der Waals surface area contributed by atoms with E-state index in [-0.39, 0.29) is 17.4 Å². The normalized spacial score (nSPS) is 16.0. The lowest BCUT2D eigenvalue weighted by atomic mass is 10.1. The van der Waals surface area contributed by atoms with Crippen molar-refractivity contribution in [2.24, 2.45) is 0 Å². The van der Waals surface area contributed by atoms with Crippen molar-refractivity contribution in [3.8, 4) is 5.75 Å². The molecule has 1 saturated heterocycles. The summed E-state index contributed by atoms with van der Waals surface area (Å²) in [5, 5.41) is 12.7. The predicted octanol–water partition coefficient (Wildman–Crippen LogP) is -0.460. The first kappa shape index (κ1) is 10.1. The van der Waals surface area contributed by atoms with Gasteiger partial charge in [0.2, 0.25) is 0 Å². The number of nitrogens with zero attached hydrogens (tertiary/aromatic N) is 1. The summed E-state index contributed by atoms with van der Waals surface area (Å²) in [4.78, 5) is 26.5. The average molecular weight is 233 g/mol. The number of nitrogens with one attached hydrogen (secondary N) is 2. The van der Waals surface area contributed by atoms with Gasteiger partial charge >= 0.3 is 5.69 Å². The van der Waals surface area contributed by atoms with E-state index in [0.717, 1.165) is 0 Å². The first-order valence-corrected chi connectivity index (χ1v) is 5.35. The van der Waals surface area contributed by atoms with Gasteiger partial charge in [-0.3, -0.25) is 9.36 Å². The highest BCUT2D eigenvalue weighted by Crippen LogP contribution is 2.15. The summed E-state index contributed by atoms with van der Waals surface area (Å²) >= 11 is 0. The van der Waals surface area contributed by atoms with Crippen LogP contribution in [0.2, 0.25) is 0 Å². The highest BCUT2D eigenvalue weighted by molar-refractivity contribution is 5.78. The molecule has 2 heterocycles. The van der Waals surface area contributed by atoms with Crippen LogP contribution in [0.3, 0.4) is 0 Å². The van der Waals surface area contributed by atoms with Crippen molar-refractivity contribution >= 4 is 10.9 Å². The fourth-order valence-corrected chi connectivity index (χ4v) is 2.01. The Morgan fingerprint density at radius 2 is 2.06 bits per heavy atom. The summed E-state index contributed by atoms with van der Waals surface area (Å²) in [6, 6.07) is 4.25. The molecule has 0 unspecified atom stereocenters. The summed E-state index contributed by atoms with van der Waals surface area (Å²) in [6.45, 7) is 1.26. The van der Waals surface area contributed by atoms with E-state index in [4.69, 9.17) is 0 Å². The average Bonchev–Trinajstić information content (AvgIpc) is 2.20. The topological polar surface area (TPSA) is 87.1 Å². The van der Waals surface area contributed by atoms with E-state index < -0.39 is 5.69 Å². The molecule has 0 saturated carbocycles. The van der Waals surface area contributed by atoms with Crippen LogP contribution in [0.15, 0.2) is 27.8 Å². The Balaban J connectivity index is 2.35. The molecule has 6 nitrogen and oxygen atoms in total. The molecule has 0 atom stereocenters. The maximum absolute atomic E-state index is 12.1. The maximum atomic E-state index is 12.1. The summed E-state index contributed by atoms with van der Waals surface area (Å²) < 4.78 is 1.23. The molecule has 3 rings (SSSR count). The van der Waals surface area contributed by atoms with E-state index in [2.05, 4.69) is 10.3 Å². The van der Waals surface area contributed by atoms with Crippen LogP contribution in [0.25, 0.3) is 10.9 Å². The third kappa shape index (κ3) is 1.45. The van der Waals surface area contributed by atoms with Crippen molar-refractivity contribution in [1.82, 2.24) is 14.9 Å².